The summed E-state index contributed by atoms with van der Waals surface area (Å²) < 4.78 is 5.44. The Hall–Kier alpha value is -1.05. The van der Waals surface area contributed by atoms with Crippen LogP contribution in [0.25, 0.3) is 0 Å². The number of carbonyl (C=O) groups excluding carboxylic acids is 1. The summed E-state index contributed by atoms with van der Waals surface area (Å²) >= 11 is 1.58. The molecule has 2 atom stereocenters. The van der Waals surface area contributed by atoms with Crippen LogP contribution in [-0.4, -0.2) is 71.0 Å². The highest BCUT2D eigenvalue weighted by molar-refractivity contribution is 8.16. The van der Waals surface area contributed by atoms with Crippen LogP contribution in [0.5, 0.6) is 0 Å². The Bertz CT molecular complexity index is 466. The van der Waals surface area contributed by atoms with Gasteiger partial charge in [0.2, 0.25) is 5.91 Å². The number of amidine groups is 1. The normalized spacial score (nSPS) is 28.7. The fourth-order valence-electron chi connectivity index (χ4n) is 2.72. The van der Waals surface area contributed by atoms with Crippen LogP contribution in [0.1, 0.15) is 13.3 Å². The maximum Gasteiger partial charge on any atom is 0.228 e. The van der Waals surface area contributed by atoms with Gasteiger partial charge in [0, 0.05) is 31.9 Å². The van der Waals surface area contributed by atoms with Crippen molar-refractivity contribution in [3.8, 4) is 0 Å². The minimum atomic E-state index is -0.574. The first-order chi connectivity index (χ1) is 9.69. The molecule has 0 aromatic rings. The van der Waals surface area contributed by atoms with Crippen molar-refractivity contribution in [3.63, 3.8) is 0 Å². The van der Waals surface area contributed by atoms with Gasteiger partial charge in [-0.1, -0.05) is 11.8 Å². The molecule has 20 heavy (non-hydrogen) atoms. The quantitative estimate of drug-likeness (QED) is 0.805. The number of aliphatic imine (C=N–C) groups is 1. The van der Waals surface area contributed by atoms with Gasteiger partial charge in [-0.2, -0.15) is 0 Å². The second-order valence-electron chi connectivity index (χ2n) is 5.08. The van der Waals surface area contributed by atoms with Crippen LogP contribution >= 0.6 is 11.8 Å². The van der Waals surface area contributed by atoms with Crippen molar-refractivity contribution in [2.75, 3.05) is 32.8 Å². The van der Waals surface area contributed by atoms with Crippen molar-refractivity contribution >= 4 is 22.8 Å². The SMILES string of the molecule is CCO[C@@H]1CN(C(=O)CC2=CSC3=NCCN23)C[C@H]1O. The summed E-state index contributed by atoms with van der Waals surface area (Å²) in [5.41, 5.74) is 1.02. The third kappa shape index (κ3) is 2.57. The number of hydrogen-bond acceptors (Lipinski definition) is 6. The molecule has 1 amide bonds. The summed E-state index contributed by atoms with van der Waals surface area (Å²) in [5.74, 6) is 0.0475. The molecule has 0 unspecified atom stereocenters. The largest absolute Gasteiger partial charge is 0.388 e. The van der Waals surface area contributed by atoms with Gasteiger partial charge in [-0.25, -0.2) is 0 Å². The van der Waals surface area contributed by atoms with Gasteiger partial charge in [0.1, 0.15) is 6.10 Å². The number of amides is 1. The van der Waals surface area contributed by atoms with Crippen LogP contribution in [0, 0.1) is 0 Å². The summed E-state index contributed by atoms with van der Waals surface area (Å²) in [6.45, 7) is 4.97. The molecule has 110 valence electrons. The number of carbonyl (C=O) groups is 1. The summed E-state index contributed by atoms with van der Waals surface area (Å²) in [5, 5.41) is 12.9. The van der Waals surface area contributed by atoms with Crippen molar-refractivity contribution in [1.82, 2.24) is 9.80 Å². The van der Waals surface area contributed by atoms with Crippen LogP contribution in [0.2, 0.25) is 0 Å². The second-order valence-corrected chi connectivity index (χ2v) is 5.92. The fourth-order valence-corrected chi connectivity index (χ4v) is 3.67. The standard InChI is InChI=1S/C13H19N3O3S/c1-2-19-11-7-15(6-10(11)17)12(18)5-9-8-20-13-14-3-4-16(9)13/h8,10-11,17H,2-7H2,1H3/t10-,11-/m1/s1. The molecule has 3 aliphatic heterocycles. The average molecular weight is 297 g/mol. The number of likely N-dealkylation sites (tertiary alicyclic amines) is 1. The first-order valence-electron chi connectivity index (χ1n) is 6.94. The number of nitrogens with zero attached hydrogens (tertiary/aromatic N) is 3. The molecule has 3 heterocycles. The highest BCUT2D eigenvalue weighted by Crippen LogP contribution is 2.31. The molecule has 1 fully saturated rings. The third-order valence-electron chi connectivity index (χ3n) is 3.75. The van der Waals surface area contributed by atoms with Gasteiger partial charge in [-0.15, -0.1) is 0 Å². The highest BCUT2D eigenvalue weighted by atomic mass is 32.2. The lowest BCUT2D eigenvalue weighted by Gasteiger charge is -2.20. The highest BCUT2D eigenvalue weighted by Gasteiger charge is 2.36. The van der Waals surface area contributed by atoms with Crippen LogP contribution in [0.3, 0.4) is 0 Å². The van der Waals surface area contributed by atoms with Crippen LogP contribution in [0.15, 0.2) is 16.1 Å². The number of rotatable bonds is 4. The van der Waals surface area contributed by atoms with E-state index in [1.165, 1.54) is 0 Å². The number of thioether (sulfide) groups is 1. The van der Waals surface area contributed by atoms with E-state index in [1.54, 1.807) is 16.7 Å². The summed E-state index contributed by atoms with van der Waals surface area (Å²) in [6.07, 6.45) is -0.452. The van der Waals surface area contributed by atoms with Crippen LogP contribution in [-0.2, 0) is 9.53 Å². The molecular formula is C13H19N3O3S. The van der Waals surface area contributed by atoms with Gasteiger partial charge < -0.3 is 19.6 Å². The lowest BCUT2D eigenvalue weighted by molar-refractivity contribution is -0.130. The molecule has 7 heteroatoms. The van der Waals surface area contributed by atoms with Gasteiger partial charge in [0.25, 0.3) is 0 Å². The van der Waals surface area contributed by atoms with E-state index >= 15 is 0 Å². The molecule has 0 radical (unpaired) electrons. The van der Waals surface area contributed by atoms with Gasteiger partial charge in [0.05, 0.1) is 19.1 Å². The minimum Gasteiger partial charge on any atom is -0.388 e. The van der Waals surface area contributed by atoms with Crippen LogP contribution < -0.4 is 0 Å². The predicted molar refractivity (Wildman–Crippen MR) is 77.3 cm³/mol. The molecule has 1 N–H and O–H groups in total. The Morgan fingerprint density at radius 1 is 1.60 bits per heavy atom. The molecule has 0 aromatic heterocycles. The molecule has 0 aliphatic carbocycles. The van der Waals surface area contributed by atoms with Crippen molar-refractivity contribution in [3.05, 3.63) is 11.1 Å². The lowest BCUT2D eigenvalue weighted by Crippen LogP contribution is -2.32. The van der Waals surface area contributed by atoms with E-state index < -0.39 is 6.10 Å². The van der Waals surface area contributed by atoms with Crippen molar-refractivity contribution in [2.24, 2.45) is 4.99 Å². The van der Waals surface area contributed by atoms with E-state index in [9.17, 15) is 9.90 Å². The maximum absolute atomic E-state index is 12.3. The van der Waals surface area contributed by atoms with E-state index in [-0.39, 0.29) is 12.0 Å². The minimum absolute atomic E-state index is 0.0475. The number of ether oxygens (including phenoxy) is 1. The van der Waals surface area contributed by atoms with E-state index in [4.69, 9.17) is 4.74 Å². The third-order valence-corrected chi connectivity index (χ3v) is 4.70. The molecule has 3 rings (SSSR count). The summed E-state index contributed by atoms with van der Waals surface area (Å²) in [6, 6.07) is 0. The Morgan fingerprint density at radius 3 is 3.25 bits per heavy atom. The van der Waals surface area contributed by atoms with Gasteiger partial charge in [-0.3, -0.25) is 9.79 Å². The first kappa shape index (κ1) is 13.9. The van der Waals surface area contributed by atoms with E-state index in [2.05, 4.69) is 9.89 Å². The van der Waals surface area contributed by atoms with E-state index in [0.29, 0.717) is 26.1 Å². The Morgan fingerprint density at radius 2 is 2.45 bits per heavy atom. The number of hydrogen-bond donors (Lipinski definition) is 1. The van der Waals surface area contributed by atoms with Gasteiger partial charge in [0.15, 0.2) is 5.17 Å². The summed E-state index contributed by atoms with van der Waals surface area (Å²) in [4.78, 5) is 20.5. The number of aliphatic hydroxyl groups excluding tert-OH is 1. The molecule has 6 nitrogen and oxygen atoms in total. The predicted octanol–water partition coefficient (Wildman–Crippen LogP) is 0.244. The Balaban J connectivity index is 1.57. The zero-order valence-electron chi connectivity index (χ0n) is 11.5. The Labute approximate surface area is 122 Å². The van der Waals surface area contributed by atoms with Crippen molar-refractivity contribution in [2.45, 2.75) is 25.6 Å². The first-order valence-corrected chi connectivity index (χ1v) is 7.82. The van der Waals surface area contributed by atoms with Gasteiger partial charge >= 0.3 is 0 Å². The smallest absolute Gasteiger partial charge is 0.228 e. The lowest BCUT2D eigenvalue weighted by atomic mass is 10.3. The van der Waals surface area contributed by atoms with E-state index in [0.717, 1.165) is 24.0 Å². The Kier molecular flexibility index (Phi) is 4.00. The van der Waals surface area contributed by atoms with Gasteiger partial charge in [-0.05, 0) is 12.3 Å². The van der Waals surface area contributed by atoms with Crippen molar-refractivity contribution < 1.29 is 14.6 Å². The average Bonchev–Trinajstić information content (AvgIpc) is 3.09. The zero-order chi connectivity index (χ0) is 14.1. The second kappa shape index (κ2) is 5.75. The van der Waals surface area contributed by atoms with Crippen LogP contribution in [0.4, 0.5) is 0 Å². The zero-order valence-corrected chi connectivity index (χ0v) is 12.3. The fraction of sp³-hybridized carbons (Fsp3) is 0.692. The number of aliphatic hydroxyl groups is 1. The number of β-amino-alcohol motifs (C(OH)–C–C–N with tert-alkyl or cyclic N) is 1. The molecular weight excluding hydrogens is 278 g/mol. The molecule has 3 aliphatic rings. The molecule has 1 saturated heterocycles. The number of fused-ring (bicyclic) bond motifs is 1. The summed E-state index contributed by atoms with van der Waals surface area (Å²) in [7, 11) is 0. The monoisotopic (exact) mass is 297 g/mol. The maximum atomic E-state index is 12.3. The molecule has 0 spiro atoms. The molecule has 0 bridgehead atoms. The molecule has 0 aromatic carbocycles. The van der Waals surface area contributed by atoms with Crippen molar-refractivity contribution in [1.29, 1.82) is 0 Å². The van der Waals surface area contributed by atoms with E-state index in [1.807, 2.05) is 12.3 Å². The molecule has 0 saturated carbocycles. The topological polar surface area (TPSA) is 65.4 Å².